The van der Waals surface area contributed by atoms with Gasteiger partial charge in [-0.25, -0.2) is 9.97 Å². The highest BCUT2D eigenvalue weighted by molar-refractivity contribution is 7.21. The lowest BCUT2D eigenvalue weighted by molar-refractivity contribution is 1.43. The number of benzene rings is 7. The SMILES string of the molecule is c1ccc(-c2nc3ccc(-c4ccc(-c5nc6ccccc6c6c7ccccc7c7ccccc7c56)cc4)cc3s2)cc1. The summed E-state index contributed by atoms with van der Waals surface area (Å²) in [4.78, 5) is 10.2. The number of para-hydroxylation sites is 1. The molecule has 0 amide bonds. The minimum absolute atomic E-state index is 1.01. The van der Waals surface area contributed by atoms with Crippen LogP contribution in [-0.2, 0) is 0 Å². The van der Waals surface area contributed by atoms with Gasteiger partial charge in [-0.1, -0.05) is 127 Å². The largest absolute Gasteiger partial charge is 0.247 e. The number of hydrogen-bond donors (Lipinski definition) is 0. The number of nitrogens with zero attached hydrogens (tertiary/aromatic N) is 2. The van der Waals surface area contributed by atoms with Gasteiger partial charge in [0.1, 0.15) is 5.01 Å². The van der Waals surface area contributed by atoms with Crippen LogP contribution in [0.25, 0.3) is 86.4 Å². The Morgan fingerprint density at radius 1 is 0.372 bits per heavy atom. The molecular weight excluding hydrogens is 541 g/mol. The molecule has 0 radical (unpaired) electrons. The molecule has 43 heavy (non-hydrogen) atoms. The lowest BCUT2D eigenvalue weighted by Gasteiger charge is -2.16. The second kappa shape index (κ2) is 9.59. The van der Waals surface area contributed by atoms with Crippen LogP contribution in [0, 0.1) is 0 Å². The first-order valence-electron chi connectivity index (χ1n) is 14.5. The molecule has 0 bridgehead atoms. The summed E-state index contributed by atoms with van der Waals surface area (Å²) >= 11 is 1.74. The summed E-state index contributed by atoms with van der Waals surface area (Å²) in [6.07, 6.45) is 0. The van der Waals surface area contributed by atoms with Crippen LogP contribution < -0.4 is 0 Å². The van der Waals surface area contributed by atoms with E-state index in [0.717, 1.165) is 32.9 Å². The van der Waals surface area contributed by atoms with Crippen molar-refractivity contribution in [1.29, 1.82) is 0 Å². The summed E-state index contributed by atoms with van der Waals surface area (Å²) < 4.78 is 1.20. The minimum Gasteiger partial charge on any atom is -0.247 e. The number of rotatable bonds is 3. The standard InChI is InChI=1S/C40H24N2S/c1-2-10-27(11-3-1)40-42-35-23-22-28(24-36(35)43-40)25-18-20-26(21-19-25)39-38-32-15-7-5-13-30(32)29-12-4-6-14-31(29)37(38)33-16-8-9-17-34(33)41-39/h1-24H. The first-order chi connectivity index (χ1) is 21.3. The van der Waals surface area contributed by atoms with Crippen LogP contribution >= 0.6 is 11.3 Å². The van der Waals surface area contributed by atoms with Gasteiger partial charge in [0.2, 0.25) is 0 Å². The van der Waals surface area contributed by atoms with Gasteiger partial charge in [0.05, 0.1) is 21.4 Å². The zero-order valence-corrected chi connectivity index (χ0v) is 24.0. The Bertz CT molecular complexity index is 2490. The van der Waals surface area contributed by atoms with E-state index in [-0.39, 0.29) is 0 Å². The minimum atomic E-state index is 1.01. The molecule has 3 heteroatoms. The van der Waals surface area contributed by atoms with E-state index in [0.29, 0.717) is 0 Å². The fourth-order valence-corrected chi connectivity index (χ4v) is 7.47. The summed E-state index contributed by atoms with van der Waals surface area (Å²) in [5.74, 6) is 0. The third kappa shape index (κ3) is 3.86. The molecule has 2 aromatic heterocycles. The third-order valence-electron chi connectivity index (χ3n) is 8.48. The van der Waals surface area contributed by atoms with Crippen molar-refractivity contribution < 1.29 is 0 Å². The molecule has 9 aromatic rings. The zero-order valence-electron chi connectivity index (χ0n) is 23.2. The van der Waals surface area contributed by atoms with Gasteiger partial charge in [-0.3, -0.25) is 0 Å². The molecule has 0 saturated heterocycles. The first kappa shape index (κ1) is 24.2. The summed E-state index contributed by atoms with van der Waals surface area (Å²) in [6, 6.07) is 51.9. The lowest BCUT2D eigenvalue weighted by atomic mass is 9.90. The van der Waals surface area contributed by atoms with Crippen molar-refractivity contribution in [1.82, 2.24) is 9.97 Å². The van der Waals surface area contributed by atoms with Crippen molar-refractivity contribution in [3.63, 3.8) is 0 Å². The average Bonchev–Trinajstić information content (AvgIpc) is 3.52. The second-order valence-corrected chi connectivity index (χ2v) is 12.0. The van der Waals surface area contributed by atoms with Crippen LogP contribution in [0.2, 0.25) is 0 Å². The molecule has 0 aliphatic rings. The zero-order chi connectivity index (χ0) is 28.3. The van der Waals surface area contributed by atoms with Crippen LogP contribution in [0.3, 0.4) is 0 Å². The number of thiazole rings is 1. The van der Waals surface area contributed by atoms with Gasteiger partial charge >= 0.3 is 0 Å². The van der Waals surface area contributed by atoms with Crippen molar-refractivity contribution >= 4 is 64.8 Å². The molecule has 0 saturated carbocycles. The Hall–Kier alpha value is -5.38. The average molecular weight is 565 g/mol. The molecule has 0 aliphatic heterocycles. The quantitative estimate of drug-likeness (QED) is 0.199. The molecule has 2 nitrogen and oxygen atoms in total. The smallest absolute Gasteiger partial charge is 0.124 e. The van der Waals surface area contributed by atoms with Crippen LogP contribution in [0.15, 0.2) is 146 Å². The molecule has 7 aromatic carbocycles. The van der Waals surface area contributed by atoms with Gasteiger partial charge in [0.15, 0.2) is 0 Å². The molecule has 200 valence electrons. The van der Waals surface area contributed by atoms with Gasteiger partial charge in [-0.2, -0.15) is 0 Å². The van der Waals surface area contributed by atoms with Crippen LogP contribution in [0.4, 0.5) is 0 Å². The van der Waals surface area contributed by atoms with E-state index < -0.39 is 0 Å². The highest BCUT2D eigenvalue weighted by Gasteiger charge is 2.17. The number of pyridine rings is 1. The highest BCUT2D eigenvalue weighted by atomic mass is 32.1. The molecule has 9 rings (SSSR count). The van der Waals surface area contributed by atoms with E-state index in [9.17, 15) is 0 Å². The lowest BCUT2D eigenvalue weighted by Crippen LogP contribution is -1.93. The van der Waals surface area contributed by atoms with E-state index in [1.807, 2.05) is 6.07 Å². The normalized spacial score (nSPS) is 11.7. The monoisotopic (exact) mass is 564 g/mol. The van der Waals surface area contributed by atoms with E-state index >= 15 is 0 Å². The summed E-state index contributed by atoms with van der Waals surface area (Å²) in [5, 5.41) is 9.75. The maximum atomic E-state index is 5.30. The second-order valence-electron chi connectivity index (χ2n) is 11.0. The van der Waals surface area contributed by atoms with Gasteiger partial charge in [-0.15, -0.1) is 11.3 Å². The van der Waals surface area contributed by atoms with Crippen molar-refractivity contribution in [2.24, 2.45) is 0 Å². The van der Waals surface area contributed by atoms with E-state index in [4.69, 9.17) is 9.97 Å². The summed E-state index contributed by atoms with van der Waals surface area (Å²) in [6.45, 7) is 0. The van der Waals surface area contributed by atoms with Gasteiger partial charge < -0.3 is 0 Å². The molecule has 0 atom stereocenters. The molecular formula is C40H24N2S. The molecule has 0 fully saturated rings. The highest BCUT2D eigenvalue weighted by Crippen LogP contribution is 2.43. The van der Waals surface area contributed by atoms with Gasteiger partial charge in [0.25, 0.3) is 0 Å². The Morgan fingerprint density at radius 3 is 1.70 bits per heavy atom. The Kier molecular flexibility index (Phi) is 5.40. The number of hydrogen-bond acceptors (Lipinski definition) is 3. The maximum Gasteiger partial charge on any atom is 0.124 e. The Balaban J connectivity index is 1.23. The summed E-state index contributed by atoms with van der Waals surface area (Å²) in [5.41, 5.74) is 7.72. The summed E-state index contributed by atoms with van der Waals surface area (Å²) in [7, 11) is 0. The van der Waals surface area contributed by atoms with Crippen molar-refractivity contribution in [2.75, 3.05) is 0 Å². The van der Waals surface area contributed by atoms with Crippen LogP contribution in [-0.4, -0.2) is 9.97 Å². The maximum absolute atomic E-state index is 5.30. The van der Waals surface area contributed by atoms with Crippen molar-refractivity contribution in [3.8, 4) is 33.0 Å². The molecule has 0 unspecified atom stereocenters. The fraction of sp³-hybridized carbons (Fsp3) is 0. The Morgan fingerprint density at radius 2 is 0.953 bits per heavy atom. The van der Waals surface area contributed by atoms with Crippen molar-refractivity contribution in [2.45, 2.75) is 0 Å². The predicted molar refractivity (Wildman–Crippen MR) is 184 cm³/mol. The van der Waals surface area contributed by atoms with Gasteiger partial charge in [-0.05, 0) is 50.9 Å². The molecule has 0 spiro atoms. The molecule has 0 N–H and O–H groups in total. The van der Waals surface area contributed by atoms with Crippen LogP contribution in [0.1, 0.15) is 0 Å². The first-order valence-corrected chi connectivity index (χ1v) is 15.3. The van der Waals surface area contributed by atoms with E-state index in [1.165, 1.54) is 53.5 Å². The number of aromatic nitrogens is 2. The van der Waals surface area contributed by atoms with E-state index in [1.54, 1.807) is 11.3 Å². The number of fused-ring (bicyclic) bond motifs is 9. The Labute approximate surface area is 252 Å². The molecule has 0 aliphatic carbocycles. The van der Waals surface area contributed by atoms with Crippen LogP contribution in [0.5, 0.6) is 0 Å². The predicted octanol–water partition coefficient (Wildman–Crippen LogP) is 11.3. The van der Waals surface area contributed by atoms with Gasteiger partial charge in [0, 0.05) is 27.3 Å². The fourth-order valence-electron chi connectivity index (χ4n) is 6.46. The van der Waals surface area contributed by atoms with Crippen molar-refractivity contribution in [3.05, 3.63) is 146 Å². The van der Waals surface area contributed by atoms with E-state index in [2.05, 4.69) is 140 Å². The molecule has 2 heterocycles. The topological polar surface area (TPSA) is 25.8 Å². The third-order valence-corrected chi connectivity index (χ3v) is 9.54.